The van der Waals surface area contributed by atoms with Crippen LogP contribution in [0.15, 0.2) is 51.7 Å². The van der Waals surface area contributed by atoms with Gasteiger partial charge in [0.2, 0.25) is 0 Å². The molecular weight excluding hydrogens is 478 g/mol. The Morgan fingerprint density at radius 2 is 1.51 bits per heavy atom. The predicted molar refractivity (Wildman–Crippen MR) is 137 cm³/mol. The summed E-state index contributed by atoms with van der Waals surface area (Å²) in [6.07, 6.45) is 0.590. The van der Waals surface area contributed by atoms with E-state index in [-0.39, 0.29) is 28.6 Å². The number of aromatic nitrogens is 1. The van der Waals surface area contributed by atoms with Crippen molar-refractivity contribution < 1.29 is 33.9 Å². The molecule has 0 bridgehead atoms. The fraction of sp³-hybridized carbons (Fsp3) is 0.179. The minimum atomic E-state index is -0.571. The minimum Gasteiger partial charge on any atom is -0.504 e. The minimum absolute atomic E-state index is 0.0352. The average molecular weight is 501 g/mol. The van der Waals surface area contributed by atoms with Gasteiger partial charge in [0.05, 0.1) is 27.0 Å². The van der Waals surface area contributed by atoms with Crippen LogP contribution in [0.3, 0.4) is 0 Å². The Labute approximate surface area is 210 Å². The highest BCUT2D eigenvalue weighted by atomic mass is 16.5. The summed E-state index contributed by atoms with van der Waals surface area (Å²) in [6, 6.07) is 11.4. The molecule has 0 radical (unpaired) electrons. The Morgan fingerprint density at radius 3 is 2.22 bits per heavy atom. The second kappa shape index (κ2) is 8.12. The quantitative estimate of drug-likeness (QED) is 0.301. The number of phenolic OH excluding ortho intramolecular Hbond substituents is 3. The predicted octanol–water partition coefficient (Wildman–Crippen LogP) is 4.78. The number of phenols is 3. The van der Waals surface area contributed by atoms with Gasteiger partial charge >= 0.3 is 5.63 Å². The van der Waals surface area contributed by atoms with Crippen molar-refractivity contribution in [2.75, 3.05) is 21.3 Å². The first kappa shape index (κ1) is 22.7. The van der Waals surface area contributed by atoms with Gasteiger partial charge < -0.3 is 38.5 Å². The van der Waals surface area contributed by atoms with Crippen LogP contribution in [0.4, 0.5) is 0 Å². The van der Waals surface area contributed by atoms with Crippen LogP contribution in [0.2, 0.25) is 0 Å². The van der Waals surface area contributed by atoms with Crippen LogP contribution in [0, 0.1) is 0 Å². The highest BCUT2D eigenvalue weighted by Crippen LogP contribution is 2.49. The lowest BCUT2D eigenvalue weighted by Gasteiger charge is -2.22. The Kier molecular flexibility index (Phi) is 4.98. The van der Waals surface area contributed by atoms with E-state index in [0.717, 1.165) is 11.1 Å². The molecule has 0 atom stereocenters. The van der Waals surface area contributed by atoms with Crippen LogP contribution in [0.1, 0.15) is 5.56 Å². The highest BCUT2D eigenvalue weighted by Gasteiger charge is 2.30. The van der Waals surface area contributed by atoms with E-state index in [2.05, 4.69) is 0 Å². The molecule has 5 aromatic rings. The first-order valence-electron chi connectivity index (χ1n) is 11.5. The second-order valence-corrected chi connectivity index (χ2v) is 8.83. The van der Waals surface area contributed by atoms with Crippen molar-refractivity contribution in [2.24, 2.45) is 0 Å². The van der Waals surface area contributed by atoms with Crippen LogP contribution >= 0.6 is 0 Å². The van der Waals surface area contributed by atoms with Gasteiger partial charge in [-0.15, -0.1) is 0 Å². The largest absolute Gasteiger partial charge is 0.504 e. The molecule has 0 aliphatic carbocycles. The number of aryl methyl sites for hydroxylation is 2. The summed E-state index contributed by atoms with van der Waals surface area (Å²) >= 11 is 0. The molecule has 0 saturated carbocycles. The first-order valence-corrected chi connectivity index (χ1v) is 11.5. The Balaban J connectivity index is 1.83. The molecule has 3 N–H and O–H groups in total. The summed E-state index contributed by atoms with van der Waals surface area (Å²) in [6.45, 7) is 0.473. The maximum Gasteiger partial charge on any atom is 0.361 e. The van der Waals surface area contributed by atoms with Crippen molar-refractivity contribution in [3.63, 3.8) is 0 Å². The lowest BCUT2D eigenvalue weighted by atomic mass is 9.91. The summed E-state index contributed by atoms with van der Waals surface area (Å²) in [5.41, 5.74) is 3.58. The summed E-state index contributed by atoms with van der Waals surface area (Å²) in [7, 11) is 4.40. The van der Waals surface area contributed by atoms with E-state index in [9.17, 15) is 20.1 Å². The number of rotatable bonds is 4. The van der Waals surface area contributed by atoms with Gasteiger partial charge in [-0.1, -0.05) is 6.07 Å². The number of hydrogen-bond acceptors (Lipinski definition) is 8. The summed E-state index contributed by atoms with van der Waals surface area (Å²) in [4.78, 5) is 13.4. The lowest BCUT2D eigenvalue weighted by molar-refractivity contribution is 0.373. The SMILES string of the molecule is COc1ccc(-c2c3n(c4c(=O)oc5cc(O)c(OC)cc5c24)CCc2cc(OC)c(O)cc2-3)cc1O. The molecule has 188 valence electrons. The molecule has 0 amide bonds. The van der Waals surface area contributed by atoms with Crippen molar-refractivity contribution in [1.29, 1.82) is 0 Å². The van der Waals surface area contributed by atoms with Gasteiger partial charge in [0, 0.05) is 34.5 Å². The number of nitrogens with zero attached hydrogens (tertiary/aromatic N) is 1. The molecule has 0 fully saturated rings. The molecule has 0 spiro atoms. The molecule has 3 aromatic carbocycles. The fourth-order valence-electron chi connectivity index (χ4n) is 5.30. The molecule has 0 saturated heterocycles. The van der Waals surface area contributed by atoms with Crippen LogP contribution in [-0.4, -0.2) is 41.2 Å². The van der Waals surface area contributed by atoms with Crippen LogP contribution in [0.25, 0.3) is 44.3 Å². The van der Waals surface area contributed by atoms with Crippen molar-refractivity contribution >= 4 is 21.9 Å². The van der Waals surface area contributed by atoms with Gasteiger partial charge in [-0.25, -0.2) is 4.79 Å². The van der Waals surface area contributed by atoms with Crippen LogP contribution in [-0.2, 0) is 13.0 Å². The summed E-state index contributed by atoms with van der Waals surface area (Å²) < 4.78 is 23.4. The van der Waals surface area contributed by atoms with Gasteiger partial charge in [0.15, 0.2) is 34.5 Å². The van der Waals surface area contributed by atoms with E-state index >= 15 is 0 Å². The number of methoxy groups -OCH3 is 3. The smallest absolute Gasteiger partial charge is 0.361 e. The van der Waals surface area contributed by atoms with E-state index in [4.69, 9.17) is 18.6 Å². The Morgan fingerprint density at radius 1 is 0.838 bits per heavy atom. The Bertz CT molecular complexity index is 1800. The van der Waals surface area contributed by atoms with E-state index in [1.54, 1.807) is 36.4 Å². The monoisotopic (exact) mass is 501 g/mol. The molecule has 2 aromatic heterocycles. The van der Waals surface area contributed by atoms with E-state index in [1.807, 2.05) is 4.57 Å². The normalized spacial score (nSPS) is 12.4. The maximum atomic E-state index is 13.4. The molecule has 1 aliphatic rings. The molecule has 1 aliphatic heterocycles. The molecule has 3 heterocycles. The van der Waals surface area contributed by atoms with Crippen LogP contribution < -0.4 is 19.8 Å². The van der Waals surface area contributed by atoms with Gasteiger partial charge in [0.25, 0.3) is 0 Å². The molecule has 9 heteroatoms. The maximum absolute atomic E-state index is 13.4. The van der Waals surface area contributed by atoms with Gasteiger partial charge in [0.1, 0.15) is 11.1 Å². The summed E-state index contributed by atoms with van der Waals surface area (Å²) in [5, 5.41) is 32.8. The summed E-state index contributed by atoms with van der Waals surface area (Å²) in [5.74, 6) is 0.624. The van der Waals surface area contributed by atoms with Gasteiger partial charge in [-0.2, -0.15) is 0 Å². The third-order valence-corrected chi connectivity index (χ3v) is 6.94. The number of benzene rings is 3. The second-order valence-electron chi connectivity index (χ2n) is 8.83. The van der Waals surface area contributed by atoms with Crippen molar-refractivity contribution in [3.05, 3.63) is 58.4 Å². The van der Waals surface area contributed by atoms with Gasteiger partial charge in [-0.3, -0.25) is 0 Å². The Hall–Kier alpha value is -4.79. The zero-order valence-corrected chi connectivity index (χ0v) is 20.3. The molecule has 9 nitrogen and oxygen atoms in total. The third-order valence-electron chi connectivity index (χ3n) is 6.94. The molecule has 0 unspecified atom stereocenters. The lowest BCUT2D eigenvalue weighted by Crippen LogP contribution is -2.14. The van der Waals surface area contributed by atoms with E-state index < -0.39 is 5.63 Å². The van der Waals surface area contributed by atoms with Crippen molar-refractivity contribution in [3.8, 4) is 56.9 Å². The zero-order chi connectivity index (χ0) is 26.0. The molecule has 6 rings (SSSR count). The highest BCUT2D eigenvalue weighted by molar-refractivity contribution is 6.17. The van der Waals surface area contributed by atoms with Gasteiger partial charge in [-0.05, 0) is 47.9 Å². The van der Waals surface area contributed by atoms with E-state index in [1.165, 1.54) is 27.4 Å². The average Bonchev–Trinajstić information content (AvgIpc) is 3.24. The standard InChI is InChI=1S/C28H23NO8/c1-34-20-5-4-14(8-17(20)30)24-25-16-11-23(36-3)19(32)12-21(16)37-28(33)27(25)29-7-6-13-9-22(35-2)18(31)10-15(13)26(24)29/h4-5,8-12,30-32H,6-7H2,1-3H3. The molecule has 37 heavy (non-hydrogen) atoms. The van der Waals surface area contributed by atoms with Crippen molar-refractivity contribution in [2.45, 2.75) is 13.0 Å². The third kappa shape index (κ3) is 3.20. The van der Waals surface area contributed by atoms with E-state index in [0.29, 0.717) is 57.6 Å². The molecular formula is C28H23NO8. The fourth-order valence-corrected chi connectivity index (χ4v) is 5.30. The number of fused-ring (bicyclic) bond motifs is 7. The number of aromatic hydroxyl groups is 3. The number of ether oxygens (including phenoxy) is 3. The first-order chi connectivity index (χ1) is 17.9. The van der Waals surface area contributed by atoms with Crippen LogP contribution in [0.5, 0.6) is 34.5 Å². The zero-order valence-electron chi connectivity index (χ0n) is 20.3. The van der Waals surface area contributed by atoms with Crippen molar-refractivity contribution in [1.82, 2.24) is 4.57 Å². The topological polar surface area (TPSA) is 124 Å². The number of hydrogen-bond donors (Lipinski definition) is 3.